The third-order valence-corrected chi connectivity index (χ3v) is 3.01. The fraction of sp³-hybridized carbons (Fsp3) is 0.417. The van der Waals surface area contributed by atoms with Crippen LogP contribution in [-0.4, -0.2) is 19.6 Å². The molecule has 3 nitrogen and oxygen atoms in total. The third kappa shape index (κ3) is 2.02. The van der Waals surface area contributed by atoms with Crippen LogP contribution in [-0.2, 0) is 9.53 Å². The second-order valence-electron chi connectivity index (χ2n) is 4.16. The van der Waals surface area contributed by atoms with Gasteiger partial charge in [-0.25, -0.2) is 13.6 Å². The Kier molecular flexibility index (Phi) is 3.11. The number of methoxy groups -OCH3 is 1. The van der Waals surface area contributed by atoms with Gasteiger partial charge in [0.2, 0.25) is 0 Å². The number of nitrogens with one attached hydrogen (secondary N) is 1. The molecule has 1 aliphatic heterocycles. The predicted molar refractivity (Wildman–Crippen MR) is 57.5 cm³/mol. The summed E-state index contributed by atoms with van der Waals surface area (Å²) in [5, 5.41) is 2.90. The summed E-state index contributed by atoms with van der Waals surface area (Å²) in [6.45, 7) is 2.33. The largest absolute Gasteiger partial charge is 0.468 e. The Morgan fingerprint density at radius 2 is 2.18 bits per heavy atom. The van der Waals surface area contributed by atoms with Crippen molar-refractivity contribution in [2.24, 2.45) is 0 Å². The maximum absolute atomic E-state index is 13.8. The fourth-order valence-electron chi connectivity index (χ4n) is 2.14. The van der Waals surface area contributed by atoms with Gasteiger partial charge in [0, 0.05) is 18.2 Å². The summed E-state index contributed by atoms with van der Waals surface area (Å²) >= 11 is 0. The van der Waals surface area contributed by atoms with Crippen molar-refractivity contribution in [3.05, 3.63) is 34.9 Å². The topological polar surface area (TPSA) is 38.3 Å². The molecule has 0 spiro atoms. The highest BCUT2D eigenvalue weighted by Crippen LogP contribution is 2.33. The standard InChI is InChI=1S/C12H13F2NO2/c1-6-5-15-11(12(16)17-2)10-8(6)3-7(13)4-9(10)14/h3-4,6,11,15H,5H2,1-2H3. The summed E-state index contributed by atoms with van der Waals surface area (Å²) in [5.41, 5.74) is 0.716. The van der Waals surface area contributed by atoms with Crippen LogP contribution in [0.25, 0.3) is 0 Å². The molecule has 1 aromatic rings. The number of hydrogen-bond donors (Lipinski definition) is 1. The molecular weight excluding hydrogens is 228 g/mol. The number of ether oxygens (including phenoxy) is 1. The average Bonchev–Trinajstić information content (AvgIpc) is 2.29. The smallest absolute Gasteiger partial charge is 0.327 e. The van der Waals surface area contributed by atoms with E-state index in [0.717, 1.165) is 6.07 Å². The maximum Gasteiger partial charge on any atom is 0.327 e. The highest BCUT2D eigenvalue weighted by molar-refractivity contribution is 5.78. The number of halogens is 2. The zero-order valence-corrected chi connectivity index (χ0v) is 9.59. The zero-order chi connectivity index (χ0) is 12.6. The lowest BCUT2D eigenvalue weighted by molar-refractivity contribution is -0.143. The summed E-state index contributed by atoms with van der Waals surface area (Å²) in [6, 6.07) is 1.21. The fourth-order valence-corrected chi connectivity index (χ4v) is 2.14. The van der Waals surface area contributed by atoms with Gasteiger partial charge in [-0.15, -0.1) is 0 Å². The normalized spacial score (nSPS) is 23.1. The van der Waals surface area contributed by atoms with E-state index in [4.69, 9.17) is 0 Å². The van der Waals surface area contributed by atoms with E-state index in [2.05, 4.69) is 10.1 Å². The van der Waals surface area contributed by atoms with Crippen molar-refractivity contribution >= 4 is 5.97 Å². The first-order valence-electron chi connectivity index (χ1n) is 5.34. The van der Waals surface area contributed by atoms with Crippen molar-refractivity contribution in [1.29, 1.82) is 0 Å². The summed E-state index contributed by atoms with van der Waals surface area (Å²) < 4.78 is 31.5. The van der Waals surface area contributed by atoms with Crippen LogP contribution in [0.1, 0.15) is 30.0 Å². The molecule has 0 saturated carbocycles. The van der Waals surface area contributed by atoms with Crippen LogP contribution >= 0.6 is 0 Å². The number of carbonyl (C=O) groups excluding carboxylic acids is 1. The van der Waals surface area contributed by atoms with E-state index in [-0.39, 0.29) is 11.5 Å². The van der Waals surface area contributed by atoms with Gasteiger partial charge in [0.15, 0.2) is 0 Å². The average molecular weight is 241 g/mol. The molecule has 2 unspecified atom stereocenters. The molecule has 0 aliphatic carbocycles. The Morgan fingerprint density at radius 3 is 2.82 bits per heavy atom. The quantitative estimate of drug-likeness (QED) is 0.763. The lowest BCUT2D eigenvalue weighted by atomic mass is 9.87. The van der Waals surface area contributed by atoms with Gasteiger partial charge in [-0.05, 0) is 17.5 Å². The number of fused-ring (bicyclic) bond motifs is 1. The van der Waals surface area contributed by atoms with Gasteiger partial charge < -0.3 is 10.1 Å². The Bertz CT molecular complexity index is 462. The molecule has 17 heavy (non-hydrogen) atoms. The highest BCUT2D eigenvalue weighted by atomic mass is 19.1. The molecule has 0 amide bonds. The minimum Gasteiger partial charge on any atom is -0.468 e. The number of benzene rings is 1. The van der Waals surface area contributed by atoms with Crippen molar-refractivity contribution in [3.8, 4) is 0 Å². The van der Waals surface area contributed by atoms with Gasteiger partial charge in [0.05, 0.1) is 7.11 Å². The lowest BCUT2D eigenvalue weighted by Crippen LogP contribution is -2.38. The second kappa shape index (κ2) is 4.41. The summed E-state index contributed by atoms with van der Waals surface area (Å²) in [7, 11) is 1.24. The van der Waals surface area contributed by atoms with E-state index >= 15 is 0 Å². The molecule has 0 bridgehead atoms. The summed E-state index contributed by atoms with van der Waals surface area (Å²) in [6.07, 6.45) is 0. The zero-order valence-electron chi connectivity index (χ0n) is 9.59. The molecule has 2 rings (SSSR count). The molecular formula is C12H13F2NO2. The molecule has 1 N–H and O–H groups in total. The van der Waals surface area contributed by atoms with Crippen LogP contribution in [0.3, 0.4) is 0 Å². The minimum atomic E-state index is -0.855. The molecule has 1 heterocycles. The Hall–Kier alpha value is -1.49. The van der Waals surface area contributed by atoms with Crippen LogP contribution < -0.4 is 5.32 Å². The lowest BCUT2D eigenvalue weighted by Gasteiger charge is -2.29. The number of esters is 1. The van der Waals surface area contributed by atoms with Crippen molar-refractivity contribution in [2.75, 3.05) is 13.7 Å². The van der Waals surface area contributed by atoms with Crippen molar-refractivity contribution in [3.63, 3.8) is 0 Å². The molecule has 0 saturated heterocycles. The second-order valence-corrected chi connectivity index (χ2v) is 4.16. The van der Waals surface area contributed by atoms with Gasteiger partial charge in [-0.2, -0.15) is 0 Å². The molecule has 0 fully saturated rings. The monoisotopic (exact) mass is 241 g/mol. The minimum absolute atomic E-state index is 0.0453. The summed E-state index contributed by atoms with van der Waals surface area (Å²) in [5.74, 6) is -1.95. The van der Waals surface area contributed by atoms with Crippen LogP contribution in [0.5, 0.6) is 0 Å². The van der Waals surface area contributed by atoms with Crippen molar-refractivity contribution < 1.29 is 18.3 Å². The summed E-state index contributed by atoms with van der Waals surface area (Å²) in [4.78, 5) is 11.5. The first-order valence-corrected chi connectivity index (χ1v) is 5.34. The molecule has 1 aromatic carbocycles. The van der Waals surface area contributed by atoms with E-state index < -0.39 is 23.6 Å². The molecule has 1 aliphatic rings. The van der Waals surface area contributed by atoms with Gasteiger partial charge >= 0.3 is 5.97 Å². The van der Waals surface area contributed by atoms with E-state index in [1.807, 2.05) is 6.92 Å². The Labute approximate surface area is 97.8 Å². The number of hydrogen-bond acceptors (Lipinski definition) is 3. The van der Waals surface area contributed by atoms with Crippen molar-refractivity contribution in [2.45, 2.75) is 18.9 Å². The van der Waals surface area contributed by atoms with Crippen LogP contribution in [0, 0.1) is 11.6 Å². The Morgan fingerprint density at radius 1 is 1.47 bits per heavy atom. The molecule has 5 heteroatoms. The molecule has 2 atom stereocenters. The van der Waals surface area contributed by atoms with Gasteiger partial charge in [-0.3, -0.25) is 0 Å². The van der Waals surface area contributed by atoms with E-state index in [0.29, 0.717) is 12.1 Å². The number of rotatable bonds is 1. The molecule has 0 aromatic heterocycles. The maximum atomic E-state index is 13.8. The highest BCUT2D eigenvalue weighted by Gasteiger charge is 2.33. The van der Waals surface area contributed by atoms with E-state index in [9.17, 15) is 13.6 Å². The third-order valence-electron chi connectivity index (χ3n) is 3.01. The van der Waals surface area contributed by atoms with Gasteiger partial charge in [-0.1, -0.05) is 6.92 Å². The first-order chi connectivity index (χ1) is 8.04. The van der Waals surface area contributed by atoms with E-state index in [1.165, 1.54) is 13.2 Å². The van der Waals surface area contributed by atoms with Crippen molar-refractivity contribution in [1.82, 2.24) is 5.32 Å². The van der Waals surface area contributed by atoms with E-state index in [1.54, 1.807) is 0 Å². The Balaban J connectivity index is 2.55. The number of carbonyl (C=O) groups is 1. The van der Waals surface area contributed by atoms with Gasteiger partial charge in [0.1, 0.15) is 17.7 Å². The molecule has 92 valence electrons. The predicted octanol–water partition coefficient (Wildman–Crippen LogP) is 1.89. The van der Waals surface area contributed by atoms with Crippen LogP contribution in [0.15, 0.2) is 12.1 Å². The van der Waals surface area contributed by atoms with Gasteiger partial charge in [0.25, 0.3) is 0 Å². The first kappa shape index (κ1) is 12.0. The molecule has 0 radical (unpaired) electrons. The van der Waals surface area contributed by atoms with Crippen LogP contribution in [0.4, 0.5) is 8.78 Å². The SMILES string of the molecule is COC(=O)C1NCC(C)c2cc(F)cc(F)c21. The van der Waals surface area contributed by atoms with Crippen LogP contribution in [0.2, 0.25) is 0 Å².